The molecule has 0 aliphatic carbocycles. The molecule has 0 amide bonds. The Bertz CT molecular complexity index is 572. The Morgan fingerprint density at radius 2 is 2.05 bits per heavy atom. The van der Waals surface area contributed by atoms with Gasteiger partial charge >= 0.3 is 0 Å². The highest BCUT2D eigenvalue weighted by Gasteiger charge is 2.08. The van der Waals surface area contributed by atoms with Crippen molar-refractivity contribution in [1.82, 2.24) is 15.5 Å². The third kappa shape index (κ3) is 4.73. The van der Waals surface area contributed by atoms with Crippen LogP contribution in [-0.4, -0.2) is 22.5 Å². The molecule has 1 aromatic carbocycles. The van der Waals surface area contributed by atoms with Crippen molar-refractivity contribution in [1.29, 1.82) is 0 Å². The van der Waals surface area contributed by atoms with Gasteiger partial charge in [-0.25, -0.2) is 0 Å². The lowest BCUT2D eigenvalue weighted by Crippen LogP contribution is -2.21. The van der Waals surface area contributed by atoms with Crippen LogP contribution in [0, 0.1) is 0 Å². The van der Waals surface area contributed by atoms with Crippen LogP contribution in [-0.2, 0) is 6.54 Å². The van der Waals surface area contributed by atoms with Crippen LogP contribution in [0.3, 0.4) is 0 Å². The summed E-state index contributed by atoms with van der Waals surface area (Å²) in [6, 6.07) is 6.94. The van der Waals surface area contributed by atoms with Gasteiger partial charge in [0.2, 0.25) is 0 Å². The van der Waals surface area contributed by atoms with Crippen molar-refractivity contribution < 1.29 is 0 Å². The Morgan fingerprint density at radius 1 is 1.30 bits per heavy atom. The molecule has 0 aliphatic heterocycles. The van der Waals surface area contributed by atoms with Gasteiger partial charge in [0.05, 0.1) is 0 Å². The van der Waals surface area contributed by atoms with E-state index < -0.39 is 0 Å². The quantitative estimate of drug-likeness (QED) is 0.726. The van der Waals surface area contributed by atoms with Crippen LogP contribution in [0.5, 0.6) is 0 Å². The molecule has 108 valence electrons. The Morgan fingerprint density at radius 3 is 2.65 bits per heavy atom. The van der Waals surface area contributed by atoms with Crippen molar-refractivity contribution in [2.45, 2.75) is 40.0 Å². The molecule has 0 saturated heterocycles. The molecule has 2 rings (SSSR count). The van der Waals surface area contributed by atoms with Gasteiger partial charge in [-0.1, -0.05) is 54.8 Å². The molecule has 2 aromatic rings. The Kier molecular flexibility index (Phi) is 6.35. The Balaban J connectivity index is 2.05. The zero-order valence-electron chi connectivity index (χ0n) is 11.5. The highest BCUT2D eigenvalue weighted by Crippen LogP contribution is 2.36. The number of halogens is 1. The van der Waals surface area contributed by atoms with Gasteiger partial charge in [-0.2, -0.15) is 0 Å². The molecule has 3 nitrogen and oxygen atoms in total. The SMILES string of the molecule is CSc1nnc(Sc2ccc(CNC(C)C)cc2Br)s1. The molecule has 1 heterocycles. The fraction of sp³-hybridized carbons (Fsp3) is 0.385. The fourth-order valence-corrected chi connectivity index (χ4v) is 4.54. The van der Waals surface area contributed by atoms with Gasteiger partial charge in [0.15, 0.2) is 8.68 Å². The molecule has 0 spiro atoms. The topological polar surface area (TPSA) is 37.8 Å². The molecule has 1 aromatic heterocycles. The highest BCUT2D eigenvalue weighted by atomic mass is 79.9. The van der Waals surface area contributed by atoms with Crippen molar-refractivity contribution >= 4 is 50.8 Å². The first-order chi connectivity index (χ1) is 9.58. The minimum absolute atomic E-state index is 0.495. The maximum Gasteiger partial charge on any atom is 0.179 e. The number of rotatable bonds is 6. The molecule has 0 unspecified atom stereocenters. The van der Waals surface area contributed by atoms with Crippen molar-refractivity contribution in [2.75, 3.05) is 6.26 Å². The van der Waals surface area contributed by atoms with Gasteiger partial charge in [0.25, 0.3) is 0 Å². The molecule has 0 bridgehead atoms. The van der Waals surface area contributed by atoms with E-state index in [2.05, 4.69) is 63.5 Å². The van der Waals surface area contributed by atoms with Gasteiger partial charge in [-0.3, -0.25) is 0 Å². The maximum atomic E-state index is 4.18. The van der Waals surface area contributed by atoms with Crippen LogP contribution >= 0.6 is 50.8 Å². The number of benzene rings is 1. The van der Waals surface area contributed by atoms with E-state index in [0.717, 1.165) is 19.7 Å². The summed E-state index contributed by atoms with van der Waals surface area (Å²) in [6.45, 7) is 5.19. The zero-order valence-corrected chi connectivity index (χ0v) is 15.5. The van der Waals surface area contributed by atoms with Gasteiger partial charge < -0.3 is 5.32 Å². The number of hydrogen-bond acceptors (Lipinski definition) is 6. The smallest absolute Gasteiger partial charge is 0.179 e. The first-order valence-corrected chi connectivity index (χ1v) is 9.80. The fourth-order valence-electron chi connectivity index (χ4n) is 1.47. The normalized spacial score (nSPS) is 11.2. The van der Waals surface area contributed by atoms with Crippen molar-refractivity contribution in [3.8, 4) is 0 Å². The van der Waals surface area contributed by atoms with E-state index in [1.54, 1.807) is 34.9 Å². The molecular weight excluding hydrogens is 374 g/mol. The van der Waals surface area contributed by atoms with Gasteiger partial charge in [0.1, 0.15) is 0 Å². The molecule has 7 heteroatoms. The number of nitrogens with zero attached hydrogens (tertiary/aromatic N) is 2. The number of nitrogens with one attached hydrogen (secondary N) is 1. The van der Waals surface area contributed by atoms with E-state index in [-0.39, 0.29) is 0 Å². The first-order valence-electron chi connectivity index (χ1n) is 6.15. The number of aromatic nitrogens is 2. The summed E-state index contributed by atoms with van der Waals surface area (Å²) in [6.07, 6.45) is 2.02. The first kappa shape index (κ1) is 16.3. The van der Waals surface area contributed by atoms with Crippen LogP contribution in [0.2, 0.25) is 0 Å². The summed E-state index contributed by atoms with van der Waals surface area (Å²) in [7, 11) is 0. The van der Waals surface area contributed by atoms with Crippen LogP contribution in [0.25, 0.3) is 0 Å². The van der Waals surface area contributed by atoms with Crippen molar-refractivity contribution in [2.24, 2.45) is 0 Å². The Labute approximate surface area is 140 Å². The van der Waals surface area contributed by atoms with E-state index in [4.69, 9.17) is 0 Å². The molecule has 0 radical (unpaired) electrons. The van der Waals surface area contributed by atoms with E-state index in [0.29, 0.717) is 6.04 Å². The second kappa shape index (κ2) is 7.79. The molecule has 0 aliphatic rings. The molecular formula is C13H16BrN3S3. The molecule has 0 fully saturated rings. The van der Waals surface area contributed by atoms with Gasteiger partial charge in [-0.05, 0) is 39.9 Å². The van der Waals surface area contributed by atoms with Crippen LogP contribution in [0.15, 0.2) is 36.2 Å². The van der Waals surface area contributed by atoms with Gasteiger partial charge in [0, 0.05) is 22.0 Å². The predicted octanol–water partition coefficient (Wildman–Crippen LogP) is 4.67. The minimum atomic E-state index is 0.495. The lowest BCUT2D eigenvalue weighted by atomic mass is 10.2. The highest BCUT2D eigenvalue weighted by molar-refractivity contribution is 9.10. The average Bonchev–Trinajstić information content (AvgIpc) is 2.87. The number of thioether (sulfide) groups is 1. The maximum absolute atomic E-state index is 4.18. The average molecular weight is 390 g/mol. The molecule has 0 saturated carbocycles. The standard InChI is InChI=1S/C13H16BrN3S3/c1-8(2)15-7-9-4-5-11(10(14)6-9)19-13-17-16-12(18-3)20-13/h4-6,8,15H,7H2,1-3H3. The van der Waals surface area contributed by atoms with E-state index in [1.165, 1.54) is 10.5 Å². The van der Waals surface area contributed by atoms with Crippen molar-refractivity contribution in [3.05, 3.63) is 28.2 Å². The summed E-state index contributed by atoms with van der Waals surface area (Å²) in [5.41, 5.74) is 1.27. The molecule has 1 N–H and O–H groups in total. The van der Waals surface area contributed by atoms with Gasteiger partial charge in [-0.15, -0.1) is 10.2 Å². The molecule has 0 atom stereocenters. The minimum Gasteiger partial charge on any atom is -0.310 e. The second-order valence-electron chi connectivity index (χ2n) is 4.44. The van der Waals surface area contributed by atoms with Crippen LogP contribution < -0.4 is 5.32 Å². The van der Waals surface area contributed by atoms with Crippen molar-refractivity contribution in [3.63, 3.8) is 0 Å². The van der Waals surface area contributed by atoms with Crippen LogP contribution in [0.1, 0.15) is 19.4 Å². The largest absolute Gasteiger partial charge is 0.310 e. The number of hydrogen-bond donors (Lipinski definition) is 1. The lowest BCUT2D eigenvalue weighted by molar-refractivity contribution is 0.588. The van der Waals surface area contributed by atoms with E-state index >= 15 is 0 Å². The van der Waals surface area contributed by atoms with E-state index in [9.17, 15) is 0 Å². The van der Waals surface area contributed by atoms with E-state index in [1.807, 2.05) is 6.26 Å². The molecule has 20 heavy (non-hydrogen) atoms. The third-order valence-electron chi connectivity index (χ3n) is 2.47. The Hall–Kier alpha value is -0.0800. The lowest BCUT2D eigenvalue weighted by Gasteiger charge is -2.09. The summed E-state index contributed by atoms with van der Waals surface area (Å²) in [5.74, 6) is 0. The van der Waals surface area contributed by atoms with Crippen LogP contribution in [0.4, 0.5) is 0 Å². The monoisotopic (exact) mass is 389 g/mol. The predicted molar refractivity (Wildman–Crippen MR) is 91.9 cm³/mol. The zero-order chi connectivity index (χ0) is 14.5. The second-order valence-corrected chi connectivity index (χ2v) is 8.61. The third-order valence-corrected chi connectivity index (χ3v) is 6.41. The summed E-state index contributed by atoms with van der Waals surface area (Å²) in [5, 5.41) is 11.7. The summed E-state index contributed by atoms with van der Waals surface area (Å²) in [4.78, 5) is 1.17. The summed E-state index contributed by atoms with van der Waals surface area (Å²) >= 11 is 8.54. The summed E-state index contributed by atoms with van der Waals surface area (Å²) < 4.78 is 3.08.